The zero-order valence-corrected chi connectivity index (χ0v) is 13.7. The Bertz CT molecular complexity index is 492. The van der Waals surface area contributed by atoms with Crippen LogP contribution in [0.2, 0.25) is 0 Å². The highest BCUT2D eigenvalue weighted by Crippen LogP contribution is 2.19. The van der Waals surface area contributed by atoms with Crippen molar-refractivity contribution in [1.29, 1.82) is 0 Å². The van der Waals surface area contributed by atoms with Crippen molar-refractivity contribution in [3.05, 3.63) is 23.8 Å². The number of thioether (sulfide) groups is 1. The Morgan fingerprint density at radius 2 is 2.33 bits per heavy atom. The summed E-state index contributed by atoms with van der Waals surface area (Å²) in [7, 11) is 0. The number of amides is 1. The van der Waals surface area contributed by atoms with Gasteiger partial charge in [0.15, 0.2) is 0 Å². The van der Waals surface area contributed by atoms with Gasteiger partial charge in [0.2, 0.25) is 5.91 Å². The van der Waals surface area contributed by atoms with Crippen molar-refractivity contribution >= 4 is 29.0 Å². The monoisotopic (exact) mass is 307 g/mol. The lowest BCUT2D eigenvalue weighted by atomic mass is 10.1. The maximum Gasteiger partial charge on any atom is 0.224 e. The van der Waals surface area contributed by atoms with Crippen LogP contribution in [0.15, 0.2) is 18.2 Å². The standard InChI is InChI=1S/C16H25N3OS/c1-12-5-6-14(17)10-15(12)18-16(20)4-3-7-19-8-9-21-11-13(19)2/h5-6,10,13H,3-4,7-9,11,17H2,1-2H3,(H,18,20). The number of nitrogens with one attached hydrogen (secondary N) is 1. The van der Waals surface area contributed by atoms with Crippen LogP contribution in [-0.4, -0.2) is 41.4 Å². The quantitative estimate of drug-likeness (QED) is 0.821. The highest BCUT2D eigenvalue weighted by molar-refractivity contribution is 7.99. The second kappa shape index (κ2) is 7.71. The zero-order chi connectivity index (χ0) is 15.2. The lowest BCUT2D eigenvalue weighted by molar-refractivity contribution is -0.116. The topological polar surface area (TPSA) is 58.4 Å². The predicted octanol–water partition coefficient (Wildman–Crippen LogP) is 2.73. The summed E-state index contributed by atoms with van der Waals surface area (Å²) in [6, 6.07) is 6.22. The molecule has 0 aliphatic carbocycles. The maximum absolute atomic E-state index is 12.0. The number of nitrogens with two attached hydrogens (primary N) is 1. The summed E-state index contributed by atoms with van der Waals surface area (Å²) in [6.07, 6.45) is 1.47. The number of anilines is 2. The van der Waals surface area contributed by atoms with Crippen LogP contribution in [-0.2, 0) is 4.79 Å². The third-order valence-electron chi connectivity index (χ3n) is 3.89. The average Bonchev–Trinajstić information content (AvgIpc) is 2.45. The van der Waals surface area contributed by atoms with Crippen LogP contribution < -0.4 is 11.1 Å². The van der Waals surface area contributed by atoms with Gasteiger partial charge in [-0.25, -0.2) is 0 Å². The molecule has 116 valence electrons. The van der Waals surface area contributed by atoms with Crippen LogP contribution in [0.25, 0.3) is 0 Å². The summed E-state index contributed by atoms with van der Waals surface area (Å²) >= 11 is 2.02. The number of hydrogen-bond acceptors (Lipinski definition) is 4. The molecule has 1 aromatic rings. The van der Waals surface area contributed by atoms with Crippen molar-refractivity contribution < 1.29 is 4.79 Å². The Kier molecular flexibility index (Phi) is 5.94. The van der Waals surface area contributed by atoms with Crippen molar-refractivity contribution in [3.63, 3.8) is 0 Å². The summed E-state index contributed by atoms with van der Waals surface area (Å²) in [5.41, 5.74) is 8.30. The van der Waals surface area contributed by atoms with E-state index >= 15 is 0 Å². The van der Waals surface area contributed by atoms with Gasteiger partial charge in [-0.05, 0) is 44.5 Å². The highest BCUT2D eigenvalue weighted by atomic mass is 32.2. The minimum Gasteiger partial charge on any atom is -0.399 e. The molecule has 1 saturated heterocycles. The zero-order valence-electron chi connectivity index (χ0n) is 12.9. The van der Waals surface area contributed by atoms with Crippen LogP contribution in [0, 0.1) is 6.92 Å². The third kappa shape index (κ3) is 4.93. The van der Waals surface area contributed by atoms with E-state index in [4.69, 9.17) is 5.73 Å². The van der Waals surface area contributed by atoms with E-state index in [2.05, 4.69) is 17.1 Å². The molecule has 1 unspecified atom stereocenters. The van der Waals surface area contributed by atoms with E-state index in [0.717, 1.165) is 30.8 Å². The number of benzene rings is 1. The predicted molar refractivity (Wildman–Crippen MR) is 91.8 cm³/mol. The Morgan fingerprint density at radius 1 is 1.52 bits per heavy atom. The molecule has 1 aliphatic heterocycles. The smallest absolute Gasteiger partial charge is 0.224 e. The van der Waals surface area contributed by atoms with Crippen LogP contribution in [0.5, 0.6) is 0 Å². The van der Waals surface area contributed by atoms with E-state index in [0.29, 0.717) is 18.2 Å². The number of aryl methyl sites for hydroxylation is 1. The number of carbonyl (C=O) groups is 1. The van der Waals surface area contributed by atoms with Crippen molar-refractivity contribution in [2.45, 2.75) is 32.7 Å². The second-order valence-electron chi connectivity index (χ2n) is 5.69. The molecule has 1 fully saturated rings. The van der Waals surface area contributed by atoms with Crippen molar-refractivity contribution in [2.24, 2.45) is 0 Å². The molecule has 4 nitrogen and oxygen atoms in total. The summed E-state index contributed by atoms with van der Waals surface area (Å²) in [5.74, 6) is 2.48. The first kappa shape index (κ1) is 16.2. The number of nitrogen functional groups attached to an aromatic ring is 1. The fourth-order valence-corrected chi connectivity index (χ4v) is 3.61. The molecule has 1 aliphatic rings. The average molecular weight is 307 g/mol. The Labute approximate surface area is 131 Å². The minimum absolute atomic E-state index is 0.0720. The second-order valence-corrected chi connectivity index (χ2v) is 6.84. The van der Waals surface area contributed by atoms with E-state index in [1.807, 2.05) is 36.9 Å². The first-order valence-corrected chi connectivity index (χ1v) is 8.69. The SMILES string of the molecule is Cc1ccc(N)cc1NC(=O)CCCN1CCSCC1C. The van der Waals surface area contributed by atoms with E-state index in [9.17, 15) is 4.79 Å². The number of hydrogen-bond donors (Lipinski definition) is 2. The molecule has 0 radical (unpaired) electrons. The number of nitrogens with zero attached hydrogens (tertiary/aromatic N) is 1. The van der Waals surface area contributed by atoms with Gasteiger partial charge in [0.1, 0.15) is 0 Å². The Balaban J connectivity index is 1.75. The number of carbonyl (C=O) groups excluding carboxylic acids is 1. The fraction of sp³-hybridized carbons (Fsp3) is 0.562. The van der Waals surface area contributed by atoms with Crippen molar-refractivity contribution in [3.8, 4) is 0 Å². The van der Waals surface area contributed by atoms with Gasteiger partial charge in [-0.3, -0.25) is 9.69 Å². The van der Waals surface area contributed by atoms with E-state index in [-0.39, 0.29) is 5.91 Å². The first-order valence-electron chi connectivity index (χ1n) is 7.54. The molecule has 1 aromatic carbocycles. The molecule has 1 amide bonds. The van der Waals surface area contributed by atoms with Crippen LogP contribution in [0.3, 0.4) is 0 Å². The Morgan fingerprint density at radius 3 is 3.10 bits per heavy atom. The van der Waals surface area contributed by atoms with Gasteiger partial charge in [0.25, 0.3) is 0 Å². The molecule has 5 heteroatoms. The molecule has 1 atom stereocenters. The number of rotatable bonds is 5. The van der Waals surface area contributed by atoms with Crippen molar-refractivity contribution in [2.75, 3.05) is 35.6 Å². The van der Waals surface area contributed by atoms with Crippen LogP contribution in [0.4, 0.5) is 11.4 Å². The van der Waals surface area contributed by atoms with Gasteiger partial charge in [-0.1, -0.05) is 6.07 Å². The lowest BCUT2D eigenvalue weighted by Gasteiger charge is -2.32. The van der Waals surface area contributed by atoms with Gasteiger partial charge >= 0.3 is 0 Å². The maximum atomic E-state index is 12.0. The molecule has 3 N–H and O–H groups in total. The molecule has 0 saturated carbocycles. The molecular formula is C16H25N3OS. The molecule has 21 heavy (non-hydrogen) atoms. The van der Waals surface area contributed by atoms with Crippen LogP contribution >= 0.6 is 11.8 Å². The molecule has 1 heterocycles. The minimum atomic E-state index is 0.0720. The van der Waals surface area contributed by atoms with Crippen molar-refractivity contribution in [1.82, 2.24) is 4.90 Å². The molecule has 0 bridgehead atoms. The van der Waals surface area contributed by atoms with E-state index in [1.54, 1.807) is 0 Å². The normalized spacial score (nSPS) is 19.4. The van der Waals surface area contributed by atoms with Gasteiger partial charge in [0.05, 0.1) is 0 Å². The van der Waals surface area contributed by atoms with Gasteiger partial charge in [-0.15, -0.1) is 0 Å². The van der Waals surface area contributed by atoms with E-state index < -0.39 is 0 Å². The largest absolute Gasteiger partial charge is 0.399 e. The molecule has 2 rings (SSSR count). The Hall–Kier alpha value is -1.20. The van der Waals surface area contributed by atoms with E-state index in [1.165, 1.54) is 11.5 Å². The third-order valence-corrected chi connectivity index (χ3v) is 5.08. The summed E-state index contributed by atoms with van der Waals surface area (Å²) in [4.78, 5) is 14.5. The molecule has 0 spiro atoms. The van der Waals surface area contributed by atoms with Gasteiger partial charge < -0.3 is 11.1 Å². The highest BCUT2D eigenvalue weighted by Gasteiger charge is 2.18. The first-order chi connectivity index (χ1) is 10.1. The van der Waals surface area contributed by atoms with Crippen LogP contribution in [0.1, 0.15) is 25.3 Å². The molecule has 0 aromatic heterocycles. The summed E-state index contributed by atoms with van der Waals surface area (Å²) in [5, 5.41) is 2.96. The molecular weight excluding hydrogens is 282 g/mol. The van der Waals surface area contributed by atoms with Gasteiger partial charge in [0, 0.05) is 41.9 Å². The summed E-state index contributed by atoms with van der Waals surface area (Å²) < 4.78 is 0. The summed E-state index contributed by atoms with van der Waals surface area (Å²) in [6.45, 7) is 6.39. The lowest BCUT2D eigenvalue weighted by Crippen LogP contribution is -2.41. The van der Waals surface area contributed by atoms with Gasteiger partial charge in [-0.2, -0.15) is 11.8 Å². The fourth-order valence-electron chi connectivity index (χ4n) is 2.52.